The van der Waals surface area contributed by atoms with Gasteiger partial charge in [-0.3, -0.25) is 4.79 Å². The predicted octanol–water partition coefficient (Wildman–Crippen LogP) is 3.26. The molecule has 0 aromatic carbocycles. The van der Waals surface area contributed by atoms with Crippen molar-refractivity contribution in [2.75, 3.05) is 13.1 Å². The molecule has 1 amide bonds. The van der Waals surface area contributed by atoms with E-state index in [0.29, 0.717) is 5.69 Å². The SMILES string of the molecule is CCc1cc(C(=O)N2CCCC2)nc2cc(-c3ccsc3)nn12. The fourth-order valence-corrected chi connectivity index (χ4v) is 3.68. The highest BCUT2D eigenvalue weighted by Gasteiger charge is 2.22. The number of thiophene rings is 1. The molecule has 4 rings (SSSR count). The van der Waals surface area contributed by atoms with Crippen molar-refractivity contribution >= 4 is 22.9 Å². The second kappa shape index (κ2) is 5.77. The maximum Gasteiger partial charge on any atom is 0.272 e. The van der Waals surface area contributed by atoms with Gasteiger partial charge in [0.1, 0.15) is 5.69 Å². The number of likely N-dealkylation sites (tertiary alicyclic amines) is 1. The molecule has 4 heterocycles. The first kappa shape index (κ1) is 14.4. The monoisotopic (exact) mass is 326 g/mol. The molecule has 0 aliphatic carbocycles. The van der Waals surface area contributed by atoms with Gasteiger partial charge >= 0.3 is 0 Å². The van der Waals surface area contributed by atoms with Gasteiger partial charge < -0.3 is 4.90 Å². The van der Waals surface area contributed by atoms with Crippen LogP contribution < -0.4 is 0 Å². The fraction of sp³-hybridized carbons (Fsp3) is 0.353. The Bertz CT molecular complexity index is 847. The minimum Gasteiger partial charge on any atom is -0.337 e. The highest BCUT2D eigenvalue weighted by atomic mass is 32.1. The van der Waals surface area contributed by atoms with Gasteiger partial charge in [-0.1, -0.05) is 6.92 Å². The lowest BCUT2D eigenvalue weighted by Gasteiger charge is -2.15. The van der Waals surface area contributed by atoms with Crippen LogP contribution in [0.2, 0.25) is 0 Å². The molecule has 118 valence electrons. The van der Waals surface area contributed by atoms with Crippen molar-refractivity contribution in [3.8, 4) is 11.3 Å². The molecule has 3 aromatic rings. The second-order valence-electron chi connectivity index (χ2n) is 5.80. The van der Waals surface area contributed by atoms with E-state index in [4.69, 9.17) is 0 Å². The first-order valence-electron chi connectivity index (χ1n) is 7.98. The van der Waals surface area contributed by atoms with E-state index in [1.807, 2.05) is 33.0 Å². The number of rotatable bonds is 3. The Morgan fingerprint density at radius 2 is 2.13 bits per heavy atom. The standard InChI is InChI=1S/C17H18N4OS/c1-2-13-9-15(17(22)20-6-3-4-7-20)18-16-10-14(19-21(13)16)12-5-8-23-11-12/h5,8-11H,2-4,6-7H2,1H3. The highest BCUT2D eigenvalue weighted by Crippen LogP contribution is 2.23. The molecule has 5 nitrogen and oxygen atoms in total. The zero-order valence-electron chi connectivity index (χ0n) is 13.0. The lowest BCUT2D eigenvalue weighted by molar-refractivity contribution is 0.0787. The first-order chi connectivity index (χ1) is 11.3. The van der Waals surface area contributed by atoms with Crippen LogP contribution in [-0.2, 0) is 6.42 Å². The van der Waals surface area contributed by atoms with Crippen LogP contribution in [-0.4, -0.2) is 38.5 Å². The van der Waals surface area contributed by atoms with Crippen molar-refractivity contribution in [1.82, 2.24) is 19.5 Å². The summed E-state index contributed by atoms with van der Waals surface area (Å²) >= 11 is 1.65. The van der Waals surface area contributed by atoms with Crippen molar-refractivity contribution in [1.29, 1.82) is 0 Å². The van der Waals surface area contributed by atoms with E-state index in [-0.39, 0.29) is 5.91 Å². The number of carbonyl (C=O) groups is 1. The molecule has 0 radical (unpaired) electrons. The maximum atomic E-state index is 12.6. The van der Waals surface area contributed by atoms with E-state index < -0.39 is 0 Å². The van der Waals surface area contributed by atoms with Crippen LogP contribution in [0.15, 0.2) is 29.0 Å². The number of aryl methyl sites for hydroxylation is 1. The Morgan fingerprint density at radius 1 is 1.30 bits per heavy atom. The average Bonchev–Trinajstić information content (AvgIpc) is 3.33. The number of carbonyl (C=O) groups excluding carboxylic acids is 1. The van der Waals surface area contributed by atoms with Crippen molar-refractivity contribution in [2.45, 2.75) is 26.2 Å². The molecule has 0 bridgehead atoms. The van der Waals surface area contributed by atoms with Crippen molar-refractivity contribution in [3.63, 3.8) is 0 Å². The number of fused-ring (bicyclic) bond motifs is 1. The molecule has 0 spiro atoms. The van der Waals surface area contributed by atoms with Crippen LogP contribution in [0.25, 0.3) is 16.9 Å². The van der Waals surface area contributed by atoms with Crippen LogP contribution in [0.3, 0.4) is 0 Å². The van der Waals surface area contributed by atoms with Crippen LogP contribution in [0, 0.1) is 0 Å². The molecule has 23 heavy (non-hydrogen) atoms. The van der Waals surface area contributed by atoms with Crippen molar-refractivity contribution in [2.24, 2.45) is 0 Å². The topological polar surface area (TPSA) is 50.5 Å². The third-order valence-electron chi connectivity index (χ3n) is 4.29. The van der Waals surface area contributed by atoms with Gasteiger partial charge in [0, 0.05) is 35.8 Å². The number of aromatic nitrogens is 3. The summed E-state index contributed by atoms with van der Waals surface area (Å²) in [6.45, 7) is 3.75. The molecule has 1 aliphatic heterocycles. The normalized spacial score (nSPS) is 14.7. The Labute approximate surface area is 138 Å². The van der Waals surface area contributed by atoms with Gasteiger partial charge in [0.05, 0.1) is 5.69 Å². The van der Waals surface area contributed by atoms with E-state index >= 15 is 0 Å². The number of hydrogen-bond donors (Lipinski definition) is 0. The van der Waals surface area contributed by atoms with Crippen molar-refractivity contribution in [3.05, 3.63) is 40.3 Å². The van der Waals surface area contributed by atoms with E-state index in [1.54, 1.807) is 11.3 Å². The van der Waals surface area contributed by atoms with Gasteiger partial charge in [0.25, 0.3) is 5.91 Å². The van der Waals surface area contributed by atoms with E-state index in [2.05, 4.69) is 22.4 Å². The molecule has 1 saturated heterocycles. The summed E-state index contributed by atoms with van der Waals surface area (Å²) in [5.41, 5.74) is 4.29. The fourth-order valence-electron chi connectivity index (χ4n) is 3.03. The number of amides is 1. The van der Waals surface area contributed by atoms with E-state index in [0.717, 1.165) is 55.0 Å². The molecule has 0 N–H and O–H groups in total. The molecule has 1 aliphatic rings. The summed E-state index contributed by atoms with van der Waals surface area (Å²) in [7, 11) is 0. The molecule has 0 unspecified atom stereocenters. The Morgan fingerprint density at radius 3 is 2.83 bits per heavy atom. The Balaban J connectivity index is 1.79. The average molecular weight is 326 g/mol. The first-order valence-corrected chi connectivity index (χ1v) is 8.92. The Kier molecular flexibility index (Phi) is 3.61. The minimum absolute atomic E-state index is 0.0398. The van der Waals surface area contributed by atoms with Gasteiger partial charge in [-0.05, 0) is 36.8 Å². The third kappa shape index (κ3) is 2.53. The zero-order valence-corrected chi connectivity index (χ0v) is 13.8. The predicted molar refractivity (Wildman–Crippen MR) is 90.8 cm³/mol. The van der Waals surface area contributed by atoms with Gasteiger partial charge in [-0.2, -0.15) is 16.4 Å². The van der Waals surface area contributed by atoms with Gasteiger partial charge in [-0.15, -0.1) is 0 Å². The zero-order chi connectivity index (χ0) is 15.8. The van der Waals surface area contributed by atoms with Crippen LogP contribution in [0.4, 0.5) is 0 Å². The molecule has 3 aromatic heterocycles. The molecular weight excluding hydrogens is 308 g/mol. The largest absolute Gasteiger partial charge is 0.337 e. The van der Waals surface area contributed by atoms with Gasteiger partial charge in [0.15, 0.2) is 5.65 Å². The summed E-state index contributed by atoms with van der Waals surface area (Å²) < 4.78 is 1.85. The smallest absolute Gasteiger partial charge is 0.272 e. The molecular formula is C17H18N4OS. The summed E-state index contributed by atoms with van der Waals surface area (Å²) in [5.74, 6) is 0.0398. The summed E-state index contributed by atoms with van der Waals surface area (Å²) in [5, 5.41) is 8.77. The van der Waals surface area contributed by atoms with Gasteiger partial charge in [0.2, 0.25) is 0 Å². The number of hydrogen-bond acceptors (Lipinski definition) is 4. The van der Waals surface area contributed by atoms with Crippen LogP contribution in [0.1, 0.15) is 35.9 Å². The quantitative estimate of drug-likeness (QED) is 0.742. The molecule has 1 fully saturated rings. The van der Waals surface area contributed by atoms with E-state index in [1.165, 1.54) is 0 Å². The highest BCUT2D eigenvalue weighted by molar-refractivity contribution is 7.08. The number of nitrogens with zero attached hydrogens (tertiary/aromatic N) is 4. The lowest BCUT2D eigenvalue weighted by Crippen LogP contribution is -2.28. The maximum absolute atomic E-state index is 12.6. The second-order valence-corrected chi connectivity index (χ2v) is 6.58. The molecule has 0 atom stereocenters. The molecule has 0 saturated carbocycles. The summed E-state index contributed by atoms with van der Waals surface area (Å²) in [6, 6.07) is 5.90. The Hall–Kier alpha value is -2.21. The summed E-state index contributed by atoms with van der Waals surface area (Å²) in [6.07, 6.45) is 2.98. The summed E-state index contributed by atoms with van der Waals surface area (Å²) in [4.78, 5) is 19.1. The molecule has 6 heteroatoms. The third-order valence-corrected chi connectivity index (χ3v) is 4.98. The lowest BCUT2D eigenvalue weighted by atomic mass is 10.2. The van der Waals surface area contributed by atoms with Gasteiger partial charge in [-0.25, -0.2) is 9.50 Å². The van der Waals surface area contributed by atoms with E-state index in [9.17, 15) is 4.79 Å². The van der Waals surface area contributed by atoms with Crippen LogP contribution >= 0.6 is 11.3 Å². The minimum atomic E-state index is 0.0398. The van der Waals surface area contributed by atoms with Crippen LogP contribution in [0.5, 0.6) is 0 Å². The van der Waals surface area contributed by atoms with Crippen molar-refractivity contribution < 1.29 is 4.79 Å².